The Kier molecular flexibility index (Phi) is 6.37. The van der Waals surface area contributed by atoms with Gasteiger partial charge in [-0.25, -0.2) is 4.79 Å². The Balaban J connectivity index is 1.36. The maximum absolute atomic E-state index is 13.0. The minimum absolute atomic E-state index is 0.0458. The van der Waals surface area contributed by atoms with Crippen molar-refractivity contribution in [1.29, 1.82) is 0 Å². The number of likely N-dealkylation sites (tertiary alicyclic amines) is 2. The fraction of sp³-hybridized carbons (Fsp3) is 0.478. The van der Waals surface area contributed by atoms with Gasteiger partial charge in [-0.2, -0.15) is 0 Å². The molecule has 10 nitrogen and oxygen atoms in total. The van der Waals surface area contributed by atoms with Crippen LogP contribution < -0.4 is 16.0 Å². The van der Waals surface area contributed by atoms with Gasteiger partial charge >= 0.3 is 5.69 Å². The van der Waals surface area contributed by atoms with Crippen molar-refractivity contribution in [3.8, 4) is 5.75 Å². The van der Waals surface area contributed by atoms with Gasteiger partial charge in [0.05, 0.1) is 19.1 Å². The molecular weight excluding hydrogens is 428 g/mol. The Morgan fingerprint density at radius 2 is 1.94 bits per heavy atom. The maximum atomic E-state index is 13.0. The second kappa shape index (κ2) is 9.22. The highest BCUT2D eigenvalue weighted by Crippen LogP contribution is 2.31. The summed E-state index contributed by atoms with van der Waals surface area (Å²) in [6.07, 6.45) is 3.22. The SMILES string of the molecule is C[C@@]1(O)CN(C(=O)c2ccc(OCCN3CCCC3=O)cc2)CC[C@H]1n1ccc(=O)[nH]c1=O. The van der Waals surface area contributed by atoms with E-state index in [2.05, 4.69) is 4.98 Å². The second-order valence-electron chi connectivity index (χ2n) is 8.76. The first-order valence-corrected chi connectivity index (χ1v) is 11.1. The standard InChI is InChI=1S/C23H28N4O6/c1-23(32)15-26(11-8-18(23)27-12-9-19(28)24-22(27)31)21(30)16-4-6-17(7-5-16)33-14-13-25-10-2-3-20(25)29/h4-7,9,12,18,32H,2-3,8,10-11,13-15H2,1H3,(H,24,28,31)/t18-,23-/m1/s1. The molecule has 3 heterocycles. The van der Waals surface area contributed by atoms with Gasteiger partial charge in [0.15, 0.2) is 0 Å². The summed E-state index contributed by atoms with van der Waals surface area (Å²) in [5.41, 5.74) is -1.98. The van der Waals surface area contributed by atoms with E-state index in [1.807, 2.05) is 0 Å². The molecule has 2 aromatic rings. The number of hydrogen-bond acceptors (Lipinski definition) is 6. The van der Waals surface area contributed by atoms with Crippen LogP contribution in [0.15, 0.2) is 46.1 Å². The van der Waals surface area contributed by atoms with Gasteiger partial charge in [0.25, 0.3) is 11.5 Å². The van der Waals surface area contributed by atoms with Gasteiger partial charge in [0.1, 0.15) is 18.0 Å². The smallest absolute Gasteiger partial charge is 0.328 e. The van der Waals surface area contributed by atoms with Crippen molar-refractivity contribution in [1.82, 2.24) is 19.4 Å². The lowest BCUT2D eigenvalue weighted by Gasteiger charge is -2.43. The molecule has 33 heavy (non-hydrogen) atoms. The van der Waals surface area contributed by atoms with Crippen molar-refractivity contribution in [2.75, 3.05) is 32.8 Å². The number of H-pyrrole nitrogens is 1. The number of carbonyl (C=O) groups is 2. The summed E-state index contributed by atoms with van der Waals surface area (Å²) in [5, 5.41) is 11.0. The molecule has 2 fully saturated rings. The summed E-state index contributed by atoms with van der Waals surface area (Å²) in [4.78, 5) is 53.7. The molecule has 4 rings (SSSR count). The number of β-amino-alcohol motifs (C(OH)–C–C–N with tert-alkyl or cyclic N) is 1. The zero-order valence-electron chi connectivity index (χ0n) is 18.5. The summed E-state index contributed by atoms with van der Waals surface area (Å²) in [6, 6.07) is 7.44. The molecule has 0 radical (unpaired) electrons. The number of rotatable bonds is 6. The van der Waals surface area contributed by atoms with Crippen LogP contribution in [-0.4, -0.2) is 74.7 Å². The fourth-order valence-corrected chi connectivity index (χ4v) is 4.54. The van der Waals surface area contributed by atoms with E-state index in [1.54, 1.807) is 41.0 Å². The molecule has 2 N–H and O–H groups in total. The first-order chi connectivity index (χ1) is 15.7. The van der Waals surface area contributed by atoms with Crippen LogP contribution in [0, 0.1) is 0 Å². The van der Waals surface area contributed by atoms with E-state index in [0.29, 0.717) is 43.9 Å². The topological polar surface area (TPSA) is 125 Å². The molecule has 2 atom stereocenters. The molecule has 2 amide bonds. The normalized spacial score (nSPS) is 23.1. The van der Waals surface area contributed by atoms with Gasteiger partial charge in [-0.1, -0.05) is 0 Å². The molecule has 2 aliphatic heterocycles. The lowest BCUT2D eigenvalue weighted by atomic mass is 9.88. The predicted molar refractivity (Wildman–Crippen MR) is 119 cm³/mol. The number of aliphatic hydroxyl groups is 1. The summed E-state index contributed by atoms with van der Waals surface area (Å²) in [7, 11) is 0. The fourth-order valence-electron chi connectivity index (χ4n) is 4.54. The van der Waals surface area contributed by atoms with E-state index < -0.39 is 22.9 Å². The molecular formula is C23H28N4O6. The molecule has 0 aliphatic carbocycles. The van der Waals surface area contributed by atoms with Crippen LogP contribution in [0.4, 0.5) is 0 Å². The molecule has 1 aromatic heterocycles. The monoisotopic (exact) mass is 456 g/mol. The minimum Gasteiger partial charge on any atom is -0.492 e. The molecule has 1 aromatic carbocycles. The molecule has 0 unspecified atom stereocenters. The second-order valence-corrected chi connectivity index (χ2v) is 8.76. The number of benzene rings is 1. The van der Waals surface area contributed by atoms with Crippen molar-refractivity contribution in [2.24, 2.45) is 0 Å². The van der Waals surface area contributed by atoms with Crippen LogP contribution in [0.3, 0.4) is 0 Å². The quantitative estimate of drug-likeness (QED) is 0.647. The van der Waals surface area contributed by atoms with Crippen molar-refractivity contribution < 1.29 is 19.4 Å². The number of carbonyl (C=O) groups excluding carboxylic acids is 2. The molecule has 2 saturated heterocycles. The third-order valence-electron chi connectivity index (χ3n) is 6.28. The van der Waals surface area contributed by atoms with Crippen LogP contribution >= 0.6 is 0 Å². The first-order valence-electron chi connectivity index (χ1n) is 11.1. The highest BCUT2D eigenvalue weighted by molar-refractivity contribution is 5.94. The molecule has 0 saturated carbocycles. The van der Waals surface area contributed by atoms with Crippen molar-refractivity contribution in [3.63, 3.8) is 0 Å². The van der Waals surface area contributed by atoms with Crippen molar-refractivity contribution >= 4 is 11.8 Å². The van der Waals surface area contributed by atoms with Crippen LogP contribution in [0.25, 0.3) is 0 Å². The number of amides is 2. The average molecular weight is 456 g/mol. The van der Waals surface area contributed by atoms with E-state index in [4.69, 9.17) is 4.74 Å². The summed E-state index contributed by atoms with van der Waals surface area (Å²) in [5.74, 6) is 0.544. The molecule has 176 valence electrons. The molecule has 0 spiro atoms. The van der Waals surface area contributed by atoms with Gasteiger partial charge in [-0.3, -0.25) is 23.9 Å². The van der Waals surface area contributed by atoms with E-state index >= 15 is 0 Å². The first kappa shape index (κ1) is 22.8. The van der Waals surface area contributed by atoms with E-state index in [-0.39, 0.29) is 18.4 Å². The highest BCUT2D eigenvalue weighted by Gasteiger charge is 2.41. The number of aromatic nitrogens is 2. The molecule has 0 bridgehead atoms. The van der Waals surface area contributed by atoms with Crippen molar-refractivity contribution in [3.05, 3.63) is 62.9 Å². The number of hydrogen-bond donors (Lipinski definition) is 2. The van der Waals surface area contributed by atoms with Gasteiger partial charge in [-0.15, -0.1) is 0 Å². The zero-order chi connectivity index (χ0) is 23.6. The summed E-state index contributed by atoms with van der Waals surface area (Å²) < 4.78 is 7.01. The summed E-state index contributed by atoms with van der Waals surface area (Å²) >= 11 is 0. The van der Waals surface area contributed by atoms with Crippen LogP contribution in [0.2, 0.25) is 0 Å². The Morgan fingerprint density at radius 1 is 1.18 bits per heavy atom. The van der Waals surface area contributed by atoms with Crippen LogP contribution in [0.1, 0.15) is 42.6 Å². The Bertz CT molecular complexity index is 1140. The van der Waals surface area contributed by atoms with E-state index in [1.165, 1.54) is 16.8 Å². The van der Waals surface area contributed by atoms with Gasteiger partial charge < -0.3 is 19.6 Å². The van der Waals surface area contributed by atoms with E-state index in [9.17, 15) is 24.3 Å². The van der Waals surface area contributed by atoms with Crippen LogP contribution in [-0.2, 0) is 4.79 Å². The highest BCUT2D eigenvalue weighted by atomic mass is 16.5. The number of nitrogens with zero attached hydrogens (tertiary/aromatic N) is 3. The van der Waals surface area contributed by atoms with E-state index in [0.717, 1.165) is 13.0 Å². The van der Waals surface area contributed by atoms with Crippen molar-refractivity contribution in [2.45, 2.75) is 37.8 Å². The maximum Gasteiger partial charge on any atom is 0.328 e. The zero-order valence-corrected chi connectivity index (χ0v) is 18.5. The lowest BCUT2D eigenvalue weighted by molar-refractivity contribution is -0.128. The third-order valence-corrected chi connectivity index (χ3v) is 6.28. The average Bonchev–Trinajstić information content (AvgIpc) is 3.18. The Morgan fingerprint density at radius 3 is 2.58 bits per heavy atom. The number of ether oxygens (including phenoxy) is 1. The Labute approximate surface area is 190 Å². The van der Waals surface area contributed by atoms with Crippen LogP contribution in [0.5, 0.6) is 5.75 Å². The number of piperidine rings is 1. The largest absolute Gasteiger partial charge is 0.492 e. The van der Waals surface area contributed by atoms with Gasteiger partial charge in [0.2, 0.25) is 5.91 Å². The third kappa shape index (κ3) is 5.00. The molecule has 10 heteroatoms. The molecule has 2 aliphatic rings. The van der Waals surface area contributed by atoms with Gasteiger partial charge in [0, 0.05) is 37.3 Å². The number of nitrogens with one attached hydrogen (secondary N) is 1. The lowest BCUT2D eigenvalue weighted by Crippen LogP contribution is -2.56. The summed E-state index contributed by atoms with van der Waals surface area (Å²) in [6.45, 7) is 3.68. The predicted octanol–water partition coefficient (Wildman–Crippen LogP) is 0.376. The minimum atomic E-state index is -1.36. The van der Waals surface area contributed by atoms with Gasteiger partial charge in [-0.05, 0) is 44.0 Å². The number of aromatic amines is 1. The Hall–Kier alpha value is -3.40.